The van der Waals surface area contributed by atoms with E-state index in [1.54, 1.807) is 27.0 Å². The van der Waals surface area contributed by atoms with E-state index in [4.69, 9.17) is 18.9 Å². The molecule has 3 aliphatic rings. The minimum Gasteiger partial charge on any atom is -0.496 e. The van der Waals surface area contributed by atoms with Crippen LogP contribution in [0.1, 0.15) is 80.5 Å². The average Bonchev–Trinajstić information content (AvgIpc) is 3.71. The number of ether oxygens (including phenoxy) is 4. The van der Waals surface area contributed by atoms with Crippen molar-refractivity contribution in [3.05, 3.63) is 70.1 Å². The number of aliphatic hydroxyl groups excluding tert-OH is 2. The molecule has 0 saturated heterocycles. The Morgan fingerprint density at radius 2 is 1.96 bits per heavy atom. The van der Waals surface area contributed by atoms with Crippen molar-refractivity contribution in [3.8, 4) is 17.2 Å². The Kier molecular flexibility index (Phi) is 8.96. The molecule has 6 rings (SSSR count). The third-order valence-electron chi connectivity index (χ3n) is 9.45. The maximum absolute atomic E-state index is 13.3. The first-order valence-corrected chi connectivity index (χ1v) is 16.0. The number of hydrogen-bond donors (Lipinski definition) is 4. The van der Waals surface area contributed by atoms with E-state index >= 15 is 0 Å². The number of fused-ring (bicyclic) bond motifs is 3. The topological polar surface area (TPSA) is 148 Å². The summed E-state index contributed by atoms with van der Waals surface area (Å²) in [5.41, 5.74) is 3.95. The number of nitrogens with one attached hydrogen (secondary N) is 1. The first kappa shape index (κ1) is 31.8. The van der Waals surface area contributed by atoms with E-state index in [9.17, 15) is 24.9 Å². The first-order chi connectivity index (χ1) is 22.2. The monoisotopic (exact) mass is 631 g/mol. The molecular formula is C36H41NO9. The predicted molar refractivity (Wildman–Crippen MR) is 171 cm³/mol. The number of aromatic amines is 1. The number of methoxy groups -OCH3 is 1. The van der Waals surface area contributed by atoms with Crippen molar-refractivity contribution in [1.29, 1.82) is 0 Å². The van der Waals surface area contributed by atoms with Crippen molar-refractivity contribution in [3.63, 3.8) is 0 Å². The fourth-order valence-electron chi connectivity index (χ4n) is 6.99. The van der Waals surface area contributed by atoms with E-state index in [0.29, 0.717) is 78.7 Å². The van der Waals surface area contributed by atoms with Gasteiger partial charge in [0.05, 0.1) is 37.1 Å². The van der Waals surface area contributed by atoms with Crippen LogP contribution in [-0.2, 0) is 27.4 Å². The second kappa shape index (κ2) is 12.9. The smallest absolute Gasteiger partial charge is 0.374 e. The molecule has 0 radical (unpaired) electrons. The van der Waals surface area contributed by atoms with E-state index in [1.807, 2.05) is 30.5 Å². The summed E-state index contributed by atoms with van der Waals surface area (Å²) in [4.78, 5) is 29.6. The predicted octanol–water partition coefficient (Wildman–Crippen LogP) is 5.02. The summed E-state index contributed by atoms with van der Waals surface area (Å²) in [6.45, 7) is 3.15. The third kappa shape index (κ3) is 5.70. The molecule has 10 heteroatoms. The van der Waals surface area contributed by atoms with Crippen LogP contribution in [0.5, 0.6) is 17.2 Å². The van der Waals surface area contributed by atoms with Gasteiger partial charge in [-0.2, -0.15) is 0 Å². The number of esters is 1. The zero-order valence-corrected chi connectivity index (χ0v) is 26.5. The van der Waals surface area contributed by atoms with Gasteiger partial charge in [-0.1, -0.05) is 11.6 Å². The highest BCUT2D eigenvalue weighted by molar-refractivity contribution is 5.98. The van der Waals surface area contributed by atoms with Gasteiger partial charge in [0, 0.05) is 42.6 Å². The van der Waals surface area contributed by atoms with E-state index in [1.165, 1.54) is 0 Å². The maximum Gasteiger partial charge on any atom is 0.374 e. The summed E-state index contributed by atoms with van der Waals surface area (Å²) >= 11 is 0. The Balaban J connectivity index is 1.48. The number of ketones is 1. The minimum absolute atomic E-state index is 0.0365. The van der Waals surface area contributed by atoms with Crippen molar-refractivity contribution < 1.29 is 43.9 Å². The lowest BCUT2D eigenvalue weighted by atomic mass is 9.76. The van der Waals surface area contributed by atoms with Gasteiger partial charge in [-0.25, -0.2) is 4.79 Å². The van der Waals surface area contributed by atoms with Gasteiger partial charge < -0.3 is 39.3 Å². The summed E-state index contributed by atoms with van der Waals surface area (Å²) in [6, 6.07) is 7.99. The summed E-state index contributed by atoms with van der Waals surface area (Å²) in [5.74, 6) is 0.145. The summed E-state index contributed by atoms with van der Waals surface area (Å²) < 4.78 is 23.9. The normalized spacial score (nSPS) is 22.0. The Morgan fingerprint density at radius 3 is 2.70 bits per heavy atom. The van der Waals surface area contributed by atoms with Crippen LogP contribution < -0.4 is 14.2 Å². The van der Waals surface area contributed by atoms with Gasteiger partial charge >= 0.3 is 5.97 Å². The molecule has 0 spiro atoms. The van der Waals surface area contributed by atoms with Crippen LogP contribution in [0.4, 0.5) is 0 Å². The Labute approximate surface area is 267 Å². The number of benzene rings is 2. The standard InChI is InChI=1S/C36H41NO9/c1-4-44-35(41)29-17-24(21-8-10-28(40)23(16-21)20-7-9-27-22(15-20)11-13-37-27)31-33(43-3)25-18-30(36(2,42)12-5-6-14-38)46-32(25)26(19-39)34(31)45-29/h7,9,11,13,15,17,23,30,37-39,42H,4-6,8,10,12,14,16,18-19H2,1-3H3. The third-order valence-corrected chi connectivity index (χ3v) is 9.45. The molecule has 46 heavy (non-hydrogen) atoms. The number of unbranched alkanes of at least 4 members (excludes halogenated alkanes) is 1. The number of Topliss-reactive ketones (excluding diaryl/α,β-unsaturated/α-hetero) is 1. The van der Waals surface area contributed by atoms with Crippen LogP contribution in [-0.4, -0.2) is 64.1 Å². The molecule has 2 aromatic carbocycles. The SMILES string of the molecule is CCOC(=O)C1=CC(=C2CCC(=O)C(c3ccc4[nH]ccc4c3)C2)c2c(OC)c3c(c(CO)c2O1)OC(C(C)(O)CCCCO)C3. The van der Waals surface area contributed by atoms with Gasteiger partial charge in [0.25, 0.3) is 0 Å². The lowest BCUT2D eigenvalue weighted by Crippen LogP contribution is -2.42. The molecule has 0 amide bonds. The fourth-order valence-corrected chi connectivity index (χ4v) is 6.99. The summed E-state index contributed by atoms with van der Waals surface area (Å²) in [7, 11) is 1.55. The fraction of sp³-hybridized carbons (Fsp3) is 0.444. The van der Waals surface area contributed by atoms with Gasteiger partial charge in [-0.15, -0.1) is 0 Å². The second-order valence-electron chi connectivity index (χ2n) is 12.4. The van der Waals surface area contributed by atoms with Crippen LogP contribution in [0.3, 0.4) is 0 Å². The molecule has 3 atom stereocenters. The zero-order chi connectivity index (χ0) is 32.6. The average molecular weight is 632 g/mol. The summed E-state index contributed by atoms with van der Waals surface area (Å²) in [5, 5.41) is 32.4. The molecule has 2 aliphatic heterocycles. The maximum atomic E-state index is 13.3. The molecule has 244 valence electrons. The Bertz CT molecular complexity index is 1730. The van der Waals surface area contributed by atoms with E-state index < -0.39 is 24.3 Å². The molecule has 3 heterocycles. The largest absolute Gasteiger partial charge is 0.496 e. The molecule has 1 aromatic heterocycles. The minimum atomic E-state index is -1.22. The molecule has 4 N–H and O–H groups in total. The van der Waals surface area contributed by atoms with E-state index in [-0.39, 0.29) is 36.4 Å². The number of H-pyrrole nitrogens is 1. The number of hydrogen-bond acceptors (Lipinski definition) is 9. The molecule has 1 aliphatic carbocycles. The van der Waals surface area contributed by atoms with E-state index in [0.717, 1.165) is 22.0 Å². The zero-order valence-electron chi connectivity index (χ0n) is 26.5. The molecular weight excluding hydrogens is 590 g/mol. The van der Waals surface area contributed by atoms with Crippen molar-refractivity contribution in [1.82, 2.24) is 4.98 Å². The summed E-state index contributed by atoms with van der Waals surface area (Å²) in [6.07, 6.45) is 6.04. The highest BCUT2D eigenvalue weighted by atomic mass is 16.6. The van der Waals surface area contributed by atoms with Crippen molar-refractivity contribution in [2.24, 2.45) is 0 Å². The number of carbonyl (C=O) groups excluding carboxylic acids is 2. The van der Waals surface area contributed by atoms with Crippen molar-refractivity contribution >= 4 is 28.2 Å². The molecule has 3 aromatic rings. The van der Waals surface area contributed by atoms with Crippen LogP contribution in [0.2, 0.25) is 0 Å². The number of allylic oxidation sites excluding steroid dienone is 3. The molecule has 3 unspecified atom stereocenters. The number of aliphatic hydroxyl groups is 3. The van der Waals surface area contributed by atoms with Crippen molar-refractivity contribution in [2.45, 2.75) is 83.0 Å². The van der Waals surface area contributed by atoms with Crippen LogP contribution in [0.25, 0.3) is 16.5 Å². The van der Waals surface area contributed by atoms with Gasteiger partial charge in [0.1, 0.15) is 29.1 Å². The van der Waals surface area contributed by atoms with Crippen molar-refractivity contribution in [2.75, 3.05) is 20.3 Å². The van der Waals surface area contributed by atoms with Gasteiger partial charge in [0.15, 0.2) is 0 Å². The molecule has 1 fully saturated rings. The van der Waals surface area contributed by atoms with Crippen LogP contribution >= 0.6 is 0 Å². The van der Waals surface area contributed by atoms with Gasteiger partial charge in [0.2, 0.25) is 5.76 Å². The Morgan fingerprint density at radius 1 is 1.13 bits per heavy atom. The van der Waals surface area contributed by atoms with Gasteiger partial charge in [-0.3, -0.25) is 4.79 Å². The highest BCUT2D eigenvalue weighted by Gasteiger charge is 2.44. The number of rotatable bonds is 10. The second-order valence-corrected chi connectivity index (χ2v) is 12.4. The van der Waals surface area contributed by atoms with E-state index in [2.05, 4.69) is 4.98 Å². The lowest BCUT2D eigenvalue weighted by molar-refractivity contribution is -0.141. The number of aromatic nitrogens is 1. The molecule has 1 saturated carbocycles. The molecule has 0 bridgehead atoms. The number of carbonyl (C=O) groups is 2. The highest BCUT2D eigenvalue weighted by Crippen LogP contribution is 2.55. The van der Waals surface area contributed by atoms with Crippen LogP contribution in [0, 0.1) is 0 Å². The van der Waals surface area contributed by atoms with Crippen LogP contribution in [0.15, 0.2) is 47.9 Å². The quantitative estimate of drug-likeness (QED) is 0.179. The first-order valence-electron chi connectivity index (χ1n) is 16.0. The molecule has 10 nitrogen and oxygen atoms in total. The lowest BCUT2D eigenvalue weighted by Gasteiger charge is -2.30. The Hall–Kier alpha value is -4.12. The van der Waals surface area contributed by atoms with Gasteiger partial charge in [-0.05, 0) is 86.7 Å².